The molecule has 1 aromatic heterocycles. The molecule has 0 bridgehead atoms. The highest BCUT2D eigenvalue weighted by Crippen LogP contribution is 2.23. The predicted molar refractivity (Wildman–Crippen MR) is 145 cm³/mol. The van der Waals surface area contributed by atoms with Crippen molar-refractivity contribution >= 4 is 0 Å². The van der Waals surface area contributed by atoms with Crippen molar-refractivity contribution < 1.29 is 9.84 Å². The lowest BCUT2D eigenvalue weighted by Crippen LogP contribution is -2.35. The van der Waals surface area contributed by atoms with E-state index < -0.39 is 5.56 Å². The molecule has 0 aliphatic carbocycles. The van der Waals surface area contributed by atoms with Crippen LogP contribution in [0.25, 0.3) is 0 Å². The van der Waals surface area contributed by atoms with E-state index in [-0.39, 0.29) is 11.7 Å². The second kappa shape index (κ2) is 13.7. The molecular formula is C29H35N5O3. The number of hydrogen-bond acceptors (Lipinski definition) is 7. The third kappa shape index (κ3) is 8.00. The smallest absolute Gasteiger partial charge is 0.293 e. The average Bonchev–Trinajstić information content (AvgIpc) is 2.93. The van der Waals surface area contributed by atoms with Crippen molar-refractivity contribution in [1.82, 2.24) is 25.5 Å². The molecule has 1 aliphatic rings. The summed E-state index contributed by atoms with van der Waals surface area (Å²) in [4.78, 5) is 21.0. The van der Waals surface area contributed by atoms with Crippen LogP contribution in [0.4, 0.5) is 0 Å². The molecule has 2 aromatic carbocycles. The van der Waals surface area contributed by atoms with E-state index in [4.69, 9.17) is 4.74 Å². The zero-order valence-electron chi connectivity index (χ0n) is 21.3. The largest absolute Gasteiger partial charge is 0.502 e. The first kappa shape index (κ1) is 26.6. The van der Waals surface area contributed by atoms with Crippen molar-refractivity contribution in [1.29, 1.82) is 0 Å². The maximum absolute atomic E-state index is 11.9. The SMILES string of the molecule is CNCCNCC(Cc1ccc(C#Cc2ccc(CN3CCOCC3)cc2)cc1)c1nc[nH]c(=O)c1O. The summed E-state index contributed by atoms with van der Waals surface area (Å²) in [5.41, 5.74) is 4.17. The van der Waals surface area contributed by atoms with Gasteiger partial charge in [-0.25, -0.2) is 4.98 Å². The first-order valence-corrected chi connectivity index (χ1v) is 12.7. The summed E-state index contributed by atoms with van der Waals surface area (Å²) in [6, 6.07) is 16.5. The van der Waals surface area contributed by atoms with Gasteiger partial charge in [0.15, 0.2) is 0 Å². The van der Waals surface area contributed by atoms with Gasteiger partial charge in [0.1, 0.15) is 0 Å². The van der Waals surface area contributed by atoms with Gasteiger partial charge in [0.05, 0.1) is 25.2 Å². The second-order valence-corrected chi connectivity index (χ2v) is 9.21. The molecule has 8 heteroatoms. The molecule has 4 rings (SSSR count). The minimum Gasteiger partial charge on any atom is -0.502 e. The Morgan fingerprint density at radius 3 is 2.32 bits per heavy atom. The van der Waals surface area contributed by atoms with Crippen LogP contribution in [0, 0.1) is 11.8 Å². The highest BCUT2D eigenvalue weighted by Gasteiger charge is 2.19. The van der Waals surface area contributed by atoms with Crippen LogP contribution in [0.5, 0.6) is 5.75 Å². The minimum atomic E-state index is -0.523. The van der Waals surface area contributed by atoms with Crippen LogP contribution in [0.3, 0.4) is 0 Å². The summed E-state index contributed by atoms with van der Waals surface area (Å²) in [6.07, 6.45) is 1.97. The number of aromatic amines is 1. The molecule has 0 radical (unpaired) electrons. The molecule has 0 spiro atoms. The Hall–Kier alpha value is -3.48. The molecule has 1 atom stereocenters. The van der Waals surface area contributed by atoms with E-state index in [0.717, 1.165) is 62.6 Å². The third-order valence-corrected chi connectivity index (χ3v) is 6.44. The van der Waals surface area contributed by atoms with Crippen LogP contribution in [0.2, 0.25) is 0 Å². The topological polar surface area (TPSA) is 103 Å². The van der Waals surface area contributed by atoms with Crippen LogP contribution < -0.4 is 16.2 Å². The number of hydrogen-bond donors (Lipinski definition) is 4. The van der Waals surface area contributed by atoms with Crippen molar-refractivity contribution in [3.05, 3.63) is 93.2 Å². The Balaban J connectivity index is 1.38. The number of morpholine rings is 1. The van der Waals surface area contributed by atoms with Gasteiger partial charge in [0, 0.05) is 56.3 Å². The summed E-state index contributed by atoms with van der Waals surface area (Å²) in [6.45, 7) is 6.71. The fourth-order valence-corrected chi connectivity index (χ4v) is 4.32. The van der Waals surface area contributed by atoms with E-state index in [2.05, 4.69) is 61.6 Å². The van der Waals surface area contributed by atoms with Gasteiger partial charge in [-0.05, 0) is 48.9 Å². The van der Waals surface area contributed by atoms with Gasteiger partial charge in [-0.15, -0.1) is 0 Å². The number of likely N-dealkylation sites (N-methyl/N-ethyl adjacent to an activating group) is 1. The highest BCUT2D eigenvalue weighted by atomic mass is 16.5. The summed E-state index contributed by atoms with van der Waals surface area (Å²) >= 11 is 0. The summed E-state index contributed by atoms with van der Waals surface area (Å²) in [5.74, 6) is 6.03. The first-order valence-electron chi connectivity index (χ1n) is 12.7. The van der Waals surface area contributed by atoms with Crippen molar-refractivity contribution in [2.75, 3.05) is 53.0 Å². The molecule has 3 aromatic rings. The standard InChI is InChI=1S/C29H35N5O3/c1-30-12-13-31-19-26(27-28(35)29(36)33-21-32-27)18-24-8-4-22(5-9-24)2-3-23-6-10-25(11-7-23)20-34-14-16-37-17-15-34/h4-11,21,26,30-31,35H,12-20H2,1H3,(H,32,33,36). The number of ether oxygens (including phenoxy) is 1. The zero-order valence-corrected chi connectivity index (χ0v) is 21.3. The van der Waals surface area contributed by atoms with E-state index in [1.54, 1.807) is 0 Å². The first-order chi connectivity index (χ1) is 18.1. The zero-order chi connectivity index (χ0) is 25.9. The van der Waals surface area contributed by atoms with Gasteiger partial charge in [-0.2, -0.15) is 0 Å². The van der Waals surface area contributed by atoms with Gasteiger partial charge in [-0.1, -0.05) is 36.1 Å². The lowest BCUT2D eigenvalue weighted by molar-refractivity contribution is 0.0342. The molecule has 0 saturated carbocycles. The Bertz CT molecular complexity index is 1240. The van der Waals surface area contributed by atoms with Crippen LogP contribution in [0.15, 0.2) is 59.7 Å². The molecule has 1 fully saturated rings. The van der Waals surface area contributed by atoms with E-state index >= 15 is 0 Å². The Labute approximate surface area is 218 Å². The molecule has 1 unspecified atom stereocenters. The van der Waals surface area contributed by atoms with E-state index in [1.807, 2.05) is 31.3 Å². The number of rotatable bonds is 10. The molecule has 4 N–H and O–H groups in total. The average molecular weight is 502 g/mol. The Kier molecular flexibility index (Phi) is 9.86. The van der Waals surface area contributed by atoms with Crippen molar-refractivity contribution in [3.63, 3.8) is 0 Å². The number of H-pyrrole nitrogens is 1. The number of nitrogens with zero attached hydrogens (tertiary/aromatic N) is 2. The molecule has 2 heterocycles. The van der Waals surface area contributed by atoms with Crippen LogP contribution in [-0.2, 0) is 17.7 Å². The lowest BCUT2D eigenvalue weighted by atomic mass is 9.94. The number of aromatic nitrogens is 2. The monoisotopic (exact) mass is 501 g/mol. The summed E-state index contributed by atoms with van der Waals surface area (Å²) < 4.78 is 5.42. The fraction of sp³-hybridized carbons (Fsp3) is 0.379. The van der Waals surface area contributed by atoms with Crippen LogP contribution in [-0.4, -0.2) is 73.0 Å². The molecule has 8 nitrogen and oxygen atoms in total. The maximum Gasteiger partial charge on any atom is 0.293 e. The number of aromatic hydroxyl groups is 1. The fourth-order valence-electron chi connectivity index (χ4n) is 4.32. The summed E-state index contributed by atoms with van der Waals surface area (Å²) in [7, 11) is 1.90. The lowest BCUT2D eigenvalue weighted by Gasteiger charge is -2.26. The van der Waals surface area contributed by atoms with Crippen LogP contribution in [0.1, 0.15) is 33.9 Å². The Morgan fingerprint density at radius 1 is 1.03 bits per heavy atom. The number of benzene rings is 2. The summed E-state index contributed by atoms with van der Waals surface area (Å²) in [5, 5.41) is 16.8. The van der Waals surface area contributed by atoms with E-state index in [1.165, 1.54) is 11.9 Å². The molecule has 194 valence electrons. The predicted octanol–water partition coefficient (Wildman–Crippen LogP) is 1.84. The van der Waals surface area contributed by atoms with E-state index in [0.29, 0.717) is 18.7 Å². The molecule has 1 saturated heterocycles. The van der Waals surface area contributed by atoms with Gasteiger partial charge >= 0.3 is 0 Å². The quantitative estimate of drug-likeness (QED) is 0.248. The molecule has 1 aliphatic heterocycles. The van der Waals surface area contributed by atoms with Gasteiger partial charge in [0.2, 0.25) is 5.75 Å². The molecule has 37 heavy (non-hydrogen) atoms. The number of nitrogens with one attached hydrogen (secondary N) is 3. The Morgan fingerprint density at radius 2 is 1.68 bits per heavy atom. The minimum absolute atomic E-state index is 0.146. The van der Waals surface area contributed by atoms with Crippen LogP contribution >= 0.6 is 0 Å². The van der Waals surface area contributed by atoms with Gasteiger partial charge < -0.3 is 25.5 Å². The molecular weight excluding hydrogens is 466 g/mol. The van der Waals surface area contributed by atoms with E-state index in [9.17, 15) is 9.90 Å². The van der Waals surface area contributed by atoms with Crippen molar-refractivity contribution in [2.45, 2.75) is 18.9 Å². The highest BCUT2D eigenvalue weighted by molar-refractivity contribution is 5.44. The maximum atomic E-state index is 11.9. The van der Waals surface area contributed by atoms with Crippen molar-refractivity contribution in [2.24, 2.45) is 0 Å². The second-order valence-electron chi connectivity index (χ2n) is 9.21. The van der Waals surface area contributed by atoms with Gasteiger partial charge in [0.25, 0.3) is 5.56 Å². The third-order valence-electron chi connectivity index (χ3n) is 6.44. The molecule has 0 amide bonds. The van der Waals surface area contributed by atoms with Gasteiger partial charge in [-0.3, -0.25) is 9.69 Å². The normalized spacial score (nSPS) is 14.6. The van der Waals surface area contributed by atoms with Crippen molar-refractivity contribution in [3.8, 4) is 17.6 Å².